The third-order valence-electron chi connectivity index (χ3n) is 7.89. The van der Waals surface area contributed by atoms with Gasteiger partial charge in [0.2, 0.25) is 5.90 Å². The van der Waals surface area contributed by atoms with Crippen LogP contribution in [0.5, 0.6) is 5.75 Å². The summed E-state index contributed by atoms with van der Waals surface area (Å²) in [5.41, 5.74) is 2.40. The normalized spacial score (nSPS) is 25.7. The summed E-state index contributed by atoms with van der Waals surface area (Å²) in [7, 11) is 1.72. The summed E-state index contributed by atoms with van der Waals surface area (Å²) in [5.74, 6) is 2.04. The van der Waals surface area contributed by atoms with E-state index in [1.165, 1.54) is 5.56 Å². The second kappa shape index (κ2) is 10.5. The van der Waals surface area contributed by atoms with Gasteiger partial charge >= 0.3 is 5.97 Å². The van der Waals surface area contributed by atoms with E-state index in [1.54, 1.807) is 7.05 Å². The first-order chi connectivity index (χ1) is 17.5. The van der Waals surface area contributed by atoms with E-state index in [0.29, 0.717) is 24.8 Å². The molecule has 1 spiro atoms. The molecular weight excluding hydrogens is 484 g/mol. The number of hydrogen-bond acceptors (Lipinski definition) is 5. The van der Waals surface area contributed by atoms with Crippen LogP contribution >= 0.6 is 11.8 Å². The minimum Gasteiger partial charge on any atom is -0.580 e. The van der Waals surface area contributed by atoms with E-state index < -0.39 is 11.5 Å². The Labute approximate surface area is 224 Å². The lowest BCUT2D eigenvalue weighted by molar-refractivity contribution is -0.157. The van der Waals surface area contributed by atoms with Gasteiger partial charge in [0.25, 0.3) is 5.75 Å². The maximum absolute atomic E-state index is 12.3. The Balaban J connectivity index is 1.42. The Kier molecular flexibility index (Phi) is 7.77. The smallest absolute Gasteiger partial charge is 0.324 e. The van der Waals surface area contributed by atoms with Gasteiger partial charge in [-0.15, -0.1) is 11.8 Å². The fourth-order valence-corrected chi connectivity index (χ4v) is 7.20. The number of aliphatic hydroxyl groups is 1. The molecule has 1 heterocycles. The number of rotatable bonds is 8. The Hall–Kier alpha value is -2.77. The van der Waals surface area contributed by atoms with Crippen molar-refractivity contribution in [2.24, 2.45) is 10.4 Å². The number of allylic oxidation sites excluding steroid dienone is 1. The van der Waals surface area contributed by atoms with Gasteiger partial charge in [-0.2, -0.15) is 0 Å². The lowest BCUT2D eigenvalue weighted by Crippen LogP contribution is -2.65. The Morgan fingerprint density at radius 1 is 1.19 bits per heavy atom. The first kappa shape index (κ1) is 27.3. The van der Waals surface area contributed by atoms with E-state index in [9.17, 15) is 9.90 Å². The van der Waals surface area contributed by atoms with Crippen molar-refractivity contribution < 1.29 is 19.4 Å². The molecule has 0 radical (unpaired) electrons. The van der Waals surface area contributed by atoms with E-state index in [0.717, 1.165) is 35.5 Å². The number of carboxylic acids is 1. The standard InChI is InChI=1S/C30H38N2O4S/c1-21-10-12-24(13-11-21)26(31-6)36-22(2)14-17-35-25-9-7-8-23(18-25)19-32-29(5,27(33)34)20-37-30(32)16-15-28(30,3)4/h7-14,18H,15-17,19-20H2,1-6H3,(H,33,34)/p+1/b22-14+,31-26?/t29-,30?/m1/s1. The van der Waals surface area contributed by atoms with Crippen molar-refractivity contribution in [2.75, 3.05) is 19.4 Å². The van der Waals surface area contributed by atoms with E-state index in [2.05, 4.69) is 42.8 Å². The number of aliphatic carboxylic acids is 1. The highest BCUT2D eigenvalue weighted by atomic mass is 32.2. The average molecular weight is 524 g/mol. The molecule has 1 unspecified atom stereocenters. The number of hydrogen-bond donors (Lipinski definition) is 1. The molecular formula is C30H39N2O4S+. The van der Waals surface area contributed by atoms with Crippen LogP contribution in [0.1, 0.15) is 57.2 Å². The quantitative estimate of drug-likeness (QED) is 0.195. The van der Waals surface area contributed by atoms with E-state index in [-0.39, 0.29) is 10.3 Å². The summed E-state index contributed by atoms with van der Waals surface area (Å²) < 4.78 is 10.7. The van der Waals surface area contributed by atoms with Gasteiger partial charge < -0.3 is 14.6 Å². The van der Waals surface area contributed by atoms with Crippen molar-refractivity contribution in [3.63, 3.8) is 0 Å². The van der Waals surface area contributed by atoms with Gasteiger partial charge in [-0.3, -0.25) is 14.7 Å². The average Bonchev–Trinajstić information content (AvgIpc) is 3.18. The largest absolute Gasteiger partial charge is 0.580 e. The molecule has 0 amide bonds. The molecule has 2 aromatic rings. The number of nitrogens with zero attached hydrogens (tertiary/aromatic N) is 2. The summed E-state index contributed by atoms with van der Waals surface area (Å²) >= 11 is 1.82. The second-order valence-corrected chi connectivity index (χ2v) is 12.2. The van der Waals surface area contributed by atoms with Crippen LogP contribution in [0.15, 0.2) is 65.4 Å². The third kappa shape index (κ3) is 5.30. The molecule has 4 rings (SSSR count). The van der Waals surface area contributed by atoms with Crippen LogP contribution in [-0.2, 0) is 16.1 Å². The van der Waals surface area contributed by atoms with Gasteiger partial charge in [-0.25, -0.2) is 0 Å². The zero-order valence-electron chi connectivity index (χ0n) is 22.7. The first-order valence-corrected chi connectivity index (χ1v) is 13.8. The maximum atomic E-state index is 12.3. The number of ether oxygens (including phenoxy) is 2. The molecule has 2 aromatic carbocycles. The van der Waals surface area contributed by atoms with Gasteiger partial charge in [-0.1, -0.05) is 43.7 Å². The highest BCUT2D eigenvalue weighted by Crippen LogP contribution is 2.65. The van der Waals surface area contributed by atoms with Crippen LogP contribution in [0, 0.1) is 12.3 Å². The van der Waals surface area contributed by atoms with Crippen LogP contribution in [0.2, 0.25) is 0 Å². The van der Waals surface area contributed by atoms with Crippen molar-refractivity contribution >= 4 is 23.6 Å². The fraction of sp³-hybridized carbons (Fsp3) is 0.467. The molecule has 0 bridgehead atoms. The lowest BCUT2D eigenvalue weighted by atomic mass is 9.65. The van der Waals surface area contributed by atoms with Gasteiger partial charge in [-0.05, 0) is 56.7 Å². The van der Waals surface area contributed by atoms with Gasteiger partial charge in [0.1, 0.15) is 11.3 Å². The number of aliphatic imine (C=N–C) groups is 1. The lowest BCUT2D eigenvalue weighted by Gasteiger charge is -2.59. The monoisotopic (exact) mass is 523 g/mol. The van der Waals surface area contributed by atoms with Crippen LogP contribution in [0.3, 0.4) is 0 Å². The van der Waals surface area contributed by atoms with Crippen LogP contribution < -0.4 is 0 Å². The summed E-state index contributed by atoms with van der Waals surface area (Å²) in [6, 6.07) is 16.2. The molecule has 2 atom stereocenters. The van der Waals surface area contributed by atoms with Gasteiger partial charge in [0, 0.05) is 43.1 Å². The number of aryl methyl sites for hydroxylation is 1. The zero-order chi connectivity index (χ0) is 26.8. The Bertz CT molecular complexity index is 1210. The minimum atomic E-state index is -0.886. The molecule has 2 fully saturated rings. The van der Waals surface area contributed by atoms with Crippen LogP contribution in [-0.4, -0.2) is 56.4 Å². The molecule has 6 nitrogen and oxygen atoms in total. The molecule has 1 saturated carbocycles. The SMILES string of the molecule is CN=C(O/C(C)=C/C[OH+]c1cccc(CN2C3(CCC3(C)C)SC[C@]2(C)C(=O)O)c1)c1ccc(C)cc1. The van der Waals surface area contributed by atoms with E-state index >= 15 is 0 Å². The van der Waals surface area contributed by atoms with E-state index in [4.69, 9.17) is 9.47 Å². The summed E-state index contributed by atoms with van der Waals surface area (Å²) in [5, 5.41) is 10.1. The van der Waals surface area contributed by atoms with Crippen LogP contribution in [0.4, 0.5) is 0 Å². The number of benzene rings is 2. The van der Waals surface area contributed by atoms with Crippen molar-refractivity contribution in [2.45, 2.75) is 64.4 Å². The van der Waals surface area contributed by atoms with E-state index in [1.807, 2.05) is 68.1 Å². The minimum absolute atomic E-state index is 0.0778. The highest BCUT2D eigenvalue weighted by molar-refractivity contribution is 8.01. The van der Waals surface area contributed by atoms with Crippen molar-refractivity contribution in [1.82, 2.24) is 4.90 Å². The number of carbonyl (C=O) groups is 1. The van der Waals surface area contributed by atoms with Gasteiger partial charge in [0.15, 0.2) is 6.61 Å². The molecule has 37 heavy (non-hydrogen) atoms. The molecule has 7 heteroatoms. The topological polar surface area (TPSA) is 74.9 Å². The zero-order valence-corrected chi connectivity index (χ0v) is 23.6. The van der Waals surface area contributed by atoms with Gasteiger partial charge in [0.05, 0.1) is 4.87 Å². The fourth-order valence-electron chi connectivity index (χ4n) is 5.24. The predicted molar refractivity (Wildman–Crippen MR) is 151 cm³/mol. The maximum Gasteiger partial charge on any atom is 0.324 e. The molecule has 1 aliphatic carbocycles. The highest BCUT2D eigenvalue weighted by Gasteiger charge is 2.66. The summed E-state index contributed by atoms with van der Waals surface area (Å²) in [6.45, 7) is 11.4. The predicted octanol–water partition coefficient (Wildman–Crippen LogP) is 6.14. The Morgan fingerprint density at radius 2 is 1.92 bits per heavy atom. The Morgan fingerprint density at radius 3 is 2.51 bits per heavy atom. The first-order valence-electron chi connectivity index (χ1n) is 12.8. The molecule has 0 aromatic heterocycles. The summed E-state index contributed by atoms with van der Waals surface area (Å²) in [4.78, 5) is 18.7. The van der Waals surface area contributed by atoms with Crippen LogP contribution in [0.25, 0.3) is 0 Å². The van der Waals surface area contributed by atoms with Crippen molar-refractivity contribution in [1.29, 1.82) is 0 Å². The molecule has 1 aliphatic heterocycles. The molecule has 198 valence electrons. The number of aromatic hydroxyl groups is 1. The molecule has 2 N–H and O–H groups in total. The second-order valence-electron chi connectivity index (χ2n) is 10.9. The summed E-state index contributed by atoms with van der Waals surface area (Å²) in [6.07, 6.45) is 4.08. The number of thioether (sulfide) groups is 1. The molecule has 2 aliphatic rings. The molecule has 1 saturated heterocycles. The third-order valence-corrected chi connectivity index (χ3v) is 10.1. The van der Waals surface area contributed by atoms with Crippen molar-refractivity contribution in [3.8, 4) is 5.75 Å². The number of carboxylic acid groups (broad SMARTS) is 1. The van der Waals surface area contributed by atoms with Crippen molar-refractivity contribution in [3.05, 3.63) is 77.1 Å².